The SMILES string of the molecule is CCN(Cc1cccc(F)c1)C(=O)COC(=O)c1ccc(F)cc1N. The summed E-state index contributed by atoms with van der Waals surface area (Å²) in [5.74, 6) is -2.20. The number of hydrogen-bond acceptors (Lipinski definition) is 4. The Hall–Kier alpha value is -2.96. The lowest BCUT2D eigenvalue weighted by atomic mass is 10.2. The minimum Gasteiger partial charge on any atom is -0.452 e. The maximum Gasteiger partial charge on any atom is 0.340 e. The molecular formula is C18H18F2N2O3. The lowest BCUT2D eigenvalue weighted by molar-refractivity contribution is -0.134. The van der Waals surface area contributed by atoms with Crippen LogP contribution in [0.3, 0.4) is 0 Å². The number of halogens is 2. The van der Waals surface area contributed by atoms with Gasteiger partial charge in [-0.05, 0) is 42.8 Å². The standard InChI is InChI=1S/C18H18F2N2O3/c1-2-22(10-12-4-3-5-13(19)8-12)17(23)11-25-18(24)15-7-6-14(20)9-16(15)21/h3-9H,2,10-11,21H2,1H3. The van der Waals surface area contributed by atoms with Crippen LogP contribution in [0.25, 0.3) is 0 Å². The summed E-state index contributed by atoms with van der Waals surface area (Å²) in [6.07, 6.45) is 0. The van der Waals surface area contributed by atoms with E-state index in [0.29, 0.717) is 12.1 Å². The first-order chi connectivity index (χ1) is 11.9. The molecule has 0 bridgehead atoms. The molecule has 2 aromatic rings. The van der Waals surface area contributed by atoms with Crippen molar-refractivity contribution < 1.29 is 23.1 Å². The van der Waals surface area contributed by atoms with Gasteiger partial charge in [0.1, 0.15) is 11.6 Å². The van der Waals surface area contributed by atoms with Crippen LogP contribution < -0.4 is 5.73 Å². The van der Waals surface area contributed by atoms with E-state index < -0.39 is 24.3 Å². The average Bonchev–Trinajstić information content (AvgIpc) is 2.57. The van der Waals surface area contributed by atoms with E-state index in [-0.39, 0.29) is 23.6 Å². The van der Waals surface area contributed by atoms with Crippen molar-refractivity contribution in [3.05, 3.63) is 65.2 Å². The van der Waals surface area contributed by atoms with Gasteiger partial charge in [-0.3, -0.25) is 4.79 Å². The number of carbonyl (C=O) groups excluding carboxylic acids is 2. The van der Waals surface area contributed by atoms with Crippen molar-refractivity contribution in [2.45, 2.75) is 13.5 Å². The summed E-state index contributed by atoms with van der Waals surface area (Å²) >= 11 is 0. The predicted octanol–water partition coefficient (Wildman–Crippen LogP) is 2.75. The van der Waals surface area contributed by atoms with Gasteiger partial charge in [0.2, 0.25) is 0 Å². The maximum atomic E-state index is 13.2. The molecule has 0 spiro atoms. The fourth-order valence-electron chi connectivity index (χ4n) is 2.25. The zero-order chi connectivity index (χ0) is 18.4. The van der Waals surface area contributed by atoms with Crippen molar-refractivity contribution in [1.82, 2.24) is 4.90 Å². The van der Waals surface area contributed by atoms with Gasteiger partial charge in [0.05, 0.1) is 5.56 Å². The molecule has 2 N–H and O–H groups in total. The molecule has 0 aliphatic heterocycles. The Morgan fingerprint density at radius 2 is 1.84 bits per heavy atom. The molecule has 7 heteroatoms. The Kier molecular flexibility index (Phi) is 6.05. The lowest BCUT2D eigenvalue weighted by Crippen LogP contribution is -2.34. The van der Waals surface area contributed by atoms with Crippen molar-refractivity contribution >= 4 is 17.6 Å². The molecule has 5 nitrogen and oxygen atoms in total. The molecule has 132 valence electrons. The van der Waals surface area contributed by atoms with Gasteiger partial charge in [0, 0.05) is 18.8 Å². The summed E-state index contributed by atoms with van der Waals surface area (Å²) in [5.41, 5.74) is 6.11. The van der Waals surface area contributed by atoms with Crippen molar-refractivity contribution in [2.24, 2.45) is 0 Å². The lowest BCUT2D eigenvalue weighted by Gasteiger charge is -2.21. The highest BCUT2D eigenvalue weighted by molar-refractivity contribution is 5.96. The quantitative estimate of drug-likeness (QED) is 0.644. The van der Waals surface area contributed by atoms with Crippen LogP contribution in [-0.2, 0) is 16.1 Å². The van der Waals surface area contributed by atoms with E-state index >= 15 is 0 Å². The average molecular weight is 348 g/mol. The number of likely N-dealkylation sites (N-methyl/N-ethyl adjacent to an activating group) is 1. The summed E-state index contributed by atoms with van der Waals surface area (Å²) in [4.78, 5) is 25.6. The highest BCUT2D eigenvalue weighted by atomic mass is 19.1. The number of anilines is 1. The van der Waals surface area contributed by atoms with E-state index in [4.69, 9.17) is 10.5 Å². The predicted molar refractivity (Wildman–Crippen MR) is 88.6 cm³/mol. The van der Waals surface area contributed by atoms with Crippen LogP contribution >= 0.6 is 0 Å². The minimum atomic E-state index is -0.812. The number of carbonyl (C=O) groups is 2. The van der Waals surface area contributed by atoms with Crippen molar-refractivity contribution in [3.8, 4) is 0 Å². The number of hydrogen-bond donors (Lipinski definition) is 1. The van der Waals surface area contributed by atoms with Crippen LogP contribution in [0.2, 0.25) is 0 Å². The van der Waals surface area contributed by atoms with Crippen molar-refractivity contribution in [3.63, 3.8) is 0 Å². The third-order valence-corrected chi connectivity index (χ3v) is 3.56. The molecule has 0 fully saturated rings. The highest BCUT2D eigenvalue weighted by Crippen LogP contribution is 2.15. The third-order valence-electron chi connectivity index (χ3n) is 3.56. The van der Waals surface area contributed by atoms with Gasteiger partial charge >= 0.3 is 5.97 Å². The van der Waals surface area contributed by atoms with Crippen molar-refractivity contribution in [1.29, 1.82) is 0 Å². The number of benzene rings is 2. The van der Waals surface area contributed by atoms with E-state index in [1.165, 1.54) is 23.1 Å². The number of rotatable bonds is 6. The Bertz CT molecular complexity index is 781. The van der Waals surface area contributed by atoms with Crippen molar-refractivity contribution in [2.75, 3.05) is 18.9 Å². The summed E-state index contributed by atoms with van der Waals surface area (Å²) in [7, 11) is 0. The smallest absolute Gasteiger partial charge is 0.340 e. The van der Waals surface area contributed by atoms with E-state index in [9.17, 15) is 18.4 Å². The Morgan fingerprint density at radius 1 is 1.12 bits per heavy atom. The highest BCUT2D eigenvalue weighted by Gasteiger charge is 2.17. The van der Waals surface area contributed by atoms with Gasteiger partial charge in [0.15, 0.2) is 6.61 Å². The Balaban J connectivity index is 1.96. The summed E-state index contributed by atoms with van der Waals surface area (Å²) < 4.78 is 31.2. The summed E-state index contributed by atoms with van der Waals surface area (Å²) in [5, 5.41) is 0. The normalized spacial score (nSPS) is 10.4. The summed E-state index contributed by atoms with van der Waals surface area (Å²) in [6, 6.07) is 9.18. The molecule has 0 radical (unpaired) electrons. The van der Waals surface area contributed by atoms with Gasteiger partial charge in [-0.1, -0.05) is 12.1 Å². The second-order valence-corrected chi connectivity index (χ2v) is 5.35. The fraction of sp³-hybridized carbons (Fsp3) is 0.222. The van der Waals surface area contributed by atoms with Crippen LogP contribution in [0.1, 0.15) is 22.8 Å². The first-order valence-corrected chi connectivity index (χ1v) is 7.65. The van der Waals surface area contributed by atoms with Gasteiger partial charge in [-0.25, -0.2) is 13.6 Å². The zero-order valence-corrected chi connectivity index (χ0v) is 13.7. The second kappa shape index (κ2) is 8.23. The number of amides is 1. The van der Waals surface area contributed by atoms with Gasteiger partial charge < -0.3 is 15.4 Å². The number of nitrogens with two attached hydrogens (primary N) is 1. The number of esters is 1. The van der Waals surface area contributed by atoms with E-state index in [1.54, 1.807) is 19.1 Å². The van der Waals surface area contributed by atoms with Gasteiger partial charge in [-0.15, -0.1) is 0 Å². The number of ether oxygens (including phenoxy) is 1. The molecule has 0 unspecified atom stereocenters. The van der Waals surface area contributed by atoms with Crippen LogP contribution in [-0.4, -0.2) is 29.9 Å². The van der Waals surface area contributed by atoms with E-state index in [0.717, 1.165) is 12.1 Å². The Labute approximate surface area is 144 Å². The summed E-state index contributed by atoms with van der Waals surface area (Å²) in [6.45, 7) is 1.84. The molecular weight excluding hydrogens is 330 g/mol. The number of nitrogen functional groups attached to an aromatic ring is 1. The largest absolute Gasteiger partial charge is 0.452 e. The minimum absolute atomic E-state index is 0.0117. The molecule has 25 heavy (non-hydrogen) atoms. The molecule has 2 aromatic carbocycles. The third kappa shape index (κ3) is 5.00. The van der Waals surface area contributed by atoms with Gasteiger partial charge in [0.25, 0.3) is 5.91 Å². The first-order valence-electron chi connectivity index (χ1n) is 7.65. The van der Waals surface area contributed by atoms with E-state index in [1.807, 2.05) is 0 Å². The topological polar surface area (TPSA) is 72.6 Å². The zero-order valence-electron chi connectivity index (χ0n) is 13.7. The second-order valence-electron chi connectivity index (χ2n) is 5.35. The molecule has 0 heterocycles. The monoisotopic (exact) mass is 348 g/mol. The molecule has 0 atom stereocenters. The van der Waals surface area contributed by atoms with Crippen LogP contribution in [0, 0.1) is 11.6 Å². The van der Waals surface area contributed by atoms with Gasteiger partial charge in [-0.2, -0.15) is 0 Å². The maximum absolute atomic E-state index is 13.2. The Morgan fingerprint density at radius 3 is 2.48 bits per heavy atom. The molecule has 0 aliphatic rings. The molecule has 0 aliphatic carbocycles. The van der Waals surface area contributed by atoms with Crippen LogP contribution in [0.5, 0.6) is 0 Å². The molecule has 1 amide bonds. The first kappa shape index (κ1) is 18.4. The van der Waals surface area contributed by atoms with Crippen LogP contribution in [0.15, 0.2) is 42.5 Å². The fourth-order valence-corrected chi connectivity index (χ4v) is 2.25. The van der Waals surface area contributed by atoms with E-state index in [2.05, 4.69) is 0 Å². The van der Waals surface area contributed by atoms with Crippen LogP contribution in [0.4, 0.5) is 14.5 Å². The molecule has 0 aromatic heterocycles. The molecule has 2 rings (SSSR count). The molecule has 0 saturated heterocycles. The molecule has 0 saturated carbocycles. The number of nitrogens with zero attached hydrogens (tertiary/aromatic N) is 1.